The van der Waals surface area contributed by atoms with Crippen molar-refractivity contribution in [3.8, 4) is 0 Å². The zero-order valence-corrected chi connectivity index (χ0v) is 11.0. The van der Waals surface area contributed by atoms with E-state index < -0.39 is 0 Å². The molecule has 2 rings (SSSR count). The van der Waals surface area contributed by atoms with Crippen LogP contribution in [0.15, 0.2) is 28.7 Å². The predicted octanol–water partition coefficient (Wildman–Crippen LogP) is 2.75. The van der Waals surface area contributed by atoms with Gasteiger partial charge in [-0.05, 0) is 31.0 Å². The third-order valence-corrected chi connectivity index (χ3v) is 3.09. The van der Waals surface area contributed by atoms with E-state index in [4.69, 9.17) is 4.74 Å². The van der Waals surface area contributed by atoms with Crippen molar-refractivity contribution in [1.29, 1.82) is 0 Å². The molecule has 0 saturated carbocycles. The van der Waals surface area contributed by atoms with Gasteiger partial charge in [0.05, 0.1) is 6.10 Å². The van der Waals surface area contributed by atoms with Crippen LogP contribution in [0, 0.1) is 0 Å². The van der Waals surface area contributed by atoms with Gasteiger partial charge in [0.15, 0.2) is 0 Å². The highest BCUT2D eigenvalue weighted by Gasteiger charge is 2.15. The Hall–Kier alpha value is -1.07. The largest absolute Gasteiger partial charge is 0.376 e. The summed E-state index contributed by atoms with van der Waals surface area (Å²) in [5.41, 5.74) is 0.768. The van der Waals surface area contributed by atoms with Crippen molar-refractivity contribution < 1.29 is 9.53 Å². The van der Waals surface area contributed by atoms with E-state index in [1.54, 1.807) is 0 Å². The highest BCUT2D eigenvalue weighted by Crippen LogP contribution is 2.15. The van der Waals surface area contributed by atoms with Crippen molar-refractivity contribution in [2.24, 2.45) is 0 Å². The quantitative estimate of drug-likeness (QED) is 0.901. The first-order chi connectivity index (χ1) is 8.24. The van der Waals surface area contributed by atoms with Gasteiger partial charge in [-0.1, -0.05) is 22.0 Å². The average molecular weight is 299 g/mol. The number of benzene rings is 1. The van der Waals surface area contributed by atoms with Gasteiger partial charge in [0, 0.05) is 23.3 Å². The molecule has 1 heterocycles. The van der Waals surface area contributed by atoms with Gasteiger partial charge in [0.2, 0.25) is 0 Å². The number of halogens is 1. The first kappa shape index (κ1) is 12.4. The highest BCUT2D eigenvalue weighted by molar-refractivity contribution is 9.10. The third-order valence-electron chi connectivity index (χ3n) is 2.60. The van der Waals surface area contributed by atoms with Crippen LogP contribution in [0.25, 0.3) is 0 Å². The minimum atomic E-state index is -0.196. The van der Waals surface area contributed by atoms with Gasteiger partial charge >= 0.3 is 6.03 Å². The summed E-state index contributed by atoms with van der Waals surface area (Å²) in [6.45, 7) is 1.37. The SMILES string of the molecule is O=C(NCC1CCCO1)Nc1cccc(Br)c1. The Labute approximate surface area is 109 Å². The number of ether oxygens (including phenoxy) is 1. The first-order valence-corrected chi connectivity index (χ1v) is 6.45. The zero-order chi connectivity index (χ0) is 12.1. The highest BCUT2D eigenvalue weighted by atomic mass is 79.9. The van der Waals surface area contributed by atoms with Gasteiger partial charge in [-0.25, -0.2) is 4.79 Å². The lowest BCUT2D eigenvalue weighted by Crippen LogP contribution is -2.34. The minimum Gasteiger partial charge on any atom is -0.376 e. The average Bonchev–Trinajstić information content (AvgIpc) is 2.79. The molecule has 0 aliphatic carbocycles. The maximum Gasteiger partial charge on any atom is 0.319 e. The van der Waals surface area contributed by atoms with Gasteiger partial charge in [0.25, 0.3) is 0 Å². The molecule has 1 atom stereocenters. The molecular formula is C12H15BrN2O2. The van der Waals surface area contributed by atoms with Gasteiger partial charge < -0.3 is 15.4 Å². The maximum atomic E-state index is 11.6. The minimum absolute atomic E-state index is 0.170. The topological polar surface area (TPSA) is 50.4 Å². The number of urea groups is 1. The van der Waals surface area contributed by atoms with Crippen molar-refractivity contribution in [2.45, 2.75) is 18.9 Å². The zero-order valence-electron chi connectivity index (χ0n) is 9.41. The van der Waals surface area contributed by atoms with E-state index in [1.165, 1.54) is 0 Å². The van der Waals surface area contributed by atoms with E-state index in [0.29, 0.717) is 6.54 Å². The van der Waals surface area contributed by atoms with Crippen LogP contribution in [0.1, 0.15) is 12.8 Å². The molecule has 1 unspecified atom stereocenters. The summed E-state index contributed by atoms with van der Waals surface area (Å²) in [7, 11) is 0. The maximum absolute atomic E-state index is 11.6. The molecular weight excluding hydrogens is 284 g/mol. The molecule has 17 heavy (non-hydrogen) atoms. The van der Waals surface area contributed by atoms with Crippen molar-refractivity contribution in [3.05, 3.63) is 28.7 Å². The molecule has 5 heteroatoms. The molecule has 0 radical (unpaired) electrons. The number of nitrogens with one attached hydrogen (secondary N) is 2. The number of carbonyl (C=O) groups excluding carboxylic acids is 1. The molecule has 0 aromatic heterocycles. The summed E-state index contributed by atoms with van der Waals surface area (Å²) < 4.78 is 6.36. The lowest BCUT2D eigenvalue weighted by atomic mass is 10.2. The van der Waals surface area contributed by atoms with Crippen LogP contribution < -0.4 is 10.6 Å². The van der Waals surface area contributed by atoms with Crippen molar-refractivity contribution in [1.82, 2.24) is 5.32 Å². The normalized spacial score (nSPS) is 19.0. The van der Waals surface area contributed by atoms with Gasteiger partial charge in [-0.3, -0.25) is 0 Å². The van der Waals surface area contributed by atoms with E-state index in [1.807, 2.05) is 24.3 Å². The Bertz CT molecular complexity index is 392. The van der Waals surface area contributed by atoms with Crippen LogP contribution in [0.2, 0.25) is 0 Å². The fourth-order valence-electron chi connectivity index (χ4n) is 1.75. The summed E-state index contributed by atoms with van der Waals surface area (Å²) in [5.74, 6) is 0. The molecule has 1 aromatic rings. The first-order valence-electron chi connectivity index (χ1n) is 5.66. The van der Waals surface area contributed by atoms with Crippen LogP contribution in [-0.2, 0) is 4.74 Å². The van der Waals surface area contributed by atoms with E-state index in [-0.39, 0.29) is 12.1 Å². The summed E-state index contributed by atoms with van der Waals surface area (Å²) >= 11 is 3.35. The molecule has 2 amide bonds. The second-order valence-corrected chi connectivity index (χ2v) is 4.90. The Morgan fingerprint density at radius 1 is 1.53 bits per heavy atom. The lowest BCUT2D eigenvalue weighted by molar-refractivity contribution is 0.112. The standard InChI is InChI=1S/C12H15BrN2O2/c13-9-3-1-4-10(7-9)15-12(16)14-8-11-5-2-6-17-11/h1,3-4,7,11H,2,5-6,8H2,(H2,14,15,16). The molecule has 1 aromatic carbocycles. The fraction of sp³-hybridized carbons (Fsp3) is 0.417. The number of carbonyl (C=O) groups is 1. The third kappa shape index (κ3) is 4.02. The molecule has 1 aliphatic heterocycles. The van der Waals surface area contributed by atoms with E-state index in [9.17, 15) is 4.79 Å². The summed E-state index contributed by atoms with van der Waals surface area (Å²) in [4.78, 5) is 11.6. The monoisotopic (exact) mass is 298 g/mol. The Balaban J connectivity index is 1.76. The number of rotatable bonds is 3. The van der Waals surface area contributed by atoms with Gasteiger partial charge in [0.1, 0.15) is 0 Å². The molecule has 0 spiro atoms. The molecule has 1 aliphatic rings. The molecule has 0 bridgehead atoms. The fourth-order valence-corrected chi connectivity index (χ4v) is 2.15. The summed E-state index contributed by atoms with van der Waals surface area (Å²) in [6.07, 6.45) is 2.28. The van der Waals surface area contributed by atoms with E-state index in [0.717, 1.165) is 29.6 Å². The number of hydrogen-bond acceptors (Lipinski definition) is 2. The number of hydrogen-bond donors (Lipinski definition) is 2. The smallest absolute Gasteiger partial charge is 0.319 e. The second kappa shape index (κ2) is 6.02. The van der Waals surface area contributed by atoms with Gasteiger partial charge in [-0.2, -0.15) is 0 Å². The van der Waals surface area contributed by atoms with Crippen molar-refractivity contribution in [3.63, 3.8) is 0 Å². The molecule has 4 nitrogen and oxygen atoms in total. The van der Waals surface area contributed by atoms with Crippen LogP contribution >= 0.6 is 15.9 Å². The Morgan fingerprint density at radius 3 is 3.12 bits per heavy atom. The Morgan fingerprint density at radius 2 is 2.41 bits per heavy atom. The predicted molar refractivity (Wildman–Crippen MR) is 70.1 cm³/mol. The van der Waals surface area contributed by atoms with Gasteiger partial charge in [-0.15, -0.1) is 0 Å². The van der Waals surface area contributed by atoms with E-state index in [2.05, 4.69) is 26.6 Å². The molecule has 1 saturated heterocycles. The van der Waals surface area contributed by atoms with Crippen LogP contribution in [0.5, 0.6) is 0 Å². The van der Waals surface area contributed by atoms with Crippen molar-refractivity contribution >= 4 is 27.6 Å². The van der Waals surface area contributed by atoms with Crippen molar-refractivity contribution in [2.75, 3.05) is 18.5 Å². The number of anilines is 1. The molecule has 92 valence electrons. The van der Waals surface area contributed by atoms with E-state index >= 15 is 0 Å². The van der Waals surface area contributed by atoms with Crippen LogP contribution in [0.3, 0.4) is 0 Å². The number of amides is 2. The van der Waals surface area contributed by atoms with Crippen LogP contribution in [-0.4, -0.2) is 25.3 Å². The molecule has 1 fully saturated rings. The Kier molecular flexibility index (Phi) is 4.39. The lowest BCUT2D eigenvalue weighted by Gasteiger charge is -2.11. The summed E-state index contributed by atoms with van der Waals surface area (Å²) in [5, 5.41) is 5.57. The summed E-state index contributed by atoms with van der Waals surface area (Å²) in [6, 6.07) is 7.29. The molecule has 2 N–H and O–H groups in total. The second-order valence-electron chi connectivity index (χ2n) is 3.98. The van der Waals surface area contributed by atoms with Crippen LogP contribution in [0.4, 0.5) is 10.5 Å².